The van der Waals surface area contributed by atoms with Crippen molar-refractivity contribution in [1.82, 2.24) is 0 Å². The van der Waals surface area contributed by atoms with E-state index >= 15 is 0 Å². The smallest absolute Gasteiger partial charge is 0.462 e. The second kappa shape index (κ2) is 58.3. The number of hydrogen-bond acceptors (Lipinski definition) is 10. The van der Waals surface area contributed by atoms with Crippen LogP contribution in [-0.2, 0) is 42.2 Å². The van der Waals surface area contributed by atoms with Gasteiger partial charge in [-0.15, -0.1) is 0 Å². The van der Waals surface area contributed by atoms with Gasteiger partial charge < -0.3 is 24.2 Å². The molecule has 0 radical (unpaired) electrons. The Morgan fingerprint density at radius 1 is 0.382 bits per heavy atom. The monoisotopic (exact) mass is 1090 g/mol. The Hall–Kier alpha value is -2.82. The Labute approximate surface area is 465 Å². The number of aliphatic hydroxyl groups excluding tert-OH is 1. The summed E-state index contributed by atoms with van der Waals surface area (Å²) < 4.78 is 39.6. The van der Waals surface area contributed by atoms with Crippen LogP contribution in [0.15, 0.2) is 60.8 Å². The van der Waals surface area contributed by atoms with Crippen molar-refractivity contribution < 1.29 is 52.2 Å². The van der Waals surface area contributed by atoms with Crippen LogP contribution in [0.1, 0.15) is 290 Å². The minimum atomic E-state index is -4.76. The molecule has 11 nitrogen and oxygen atoms in total. The maximum atomic E-state index is 12.9. The molecule has 0 aliphatic carbocycles. The number of carbonyl (C=O) groups is 3. The molecule has 2 N–H and O–H groups in total. The zero-order valence-corrected chi connectivity index (χ0v) is 49.9. The average Bonchev–Trinajstić information content (AvgIpc) is 3.41. The van der Waals surface area contributed by atoms with Gasteiger partial charge in [-0.05, 0) is 103 Å². The molecule has 0 bridgehead atoms. The molecular formula is C64H115O11P. The lowest BCUT2D eigenvalue weighted by atomic mass is 10.1. The zero-order valence-electron chi connectivity index (χ0n) is 49.0. The first kappa shape index (κ1) is 73.2. The molecule has 0 saturated heterocycles. The number of phosphoric ester groups is 1. The summed E-state index contributed by atoms with van der Waals surface area (Å²) in [7, 11) is -4.76. The number of aliphatic hydroxyl groups is 1. The van der Waals surface area contributed by atoms with Gasteiger partial charge in [0.25, 0.3) is 0 Å². The van der Waals surface area contributed by atoms with Gasteiger partial charge in [-0.25, -0.2) is 4.57 Å². The predicted molar refractivity (Wildman–Crippen MR) is 316 cm³/mol. The van der Waals surface area contributed by atoms with E-state index in [1.807, 2.05) is 0 Å². The summed E-state index contributed by atoms with van der Waals surface area (Å²) in [5, 5.41) is 9.83. The van der Waals surface area contributed by atoms with Crippen LogP contribution in [0.3, 0.4) is 0 Å². The van der Waals surface area contributed by atoms with E-state index < -0.39 is 57.8 Å². The van der Waals surface area contributed by atoms with Crippen molar-refractivity contribution in [3.63, 3.8) is 0 Å². The minimum Gasteiger partial charge on any atom is -0.462 e. The molecule has 76 heavy (non-hydrogen) atoms. The van der Waals surface area contributed by atoms with Gasteiger partial charge in [0.2, 0.25) is 0 Å². The highest BCUT2D eigenvalue weighted by molar-refractivity contribution is 7.47. The molecule has 0 amide bonds. The number of esters is 3. The molecular weight excluding hydrogens is 976 g/mol. The van der Waals surface area contributed by atoms with Gasteiger partial charge in [0, 0.05) is 19.3 Å². The lowest BCUT2D eigenvalue weighted by Gasteiger charge is -2.21. The average molecular weight is 1090 g/mol. The second-order valence-electron chi connectivity index (χ2n) is 20.8. The topological polar surface area (TPSA) is 155 Å². The third-order valence-corrected chi connectivity index (χ3v) is 14.3. The molecule has 0 fully saturated rings. The van der Waals surface area contributed by atoms with Gasteiger partial charge in [-0.3, -0.25) is 23.4 Å². The van der Waals surface area contributed by atoms with Crippen molar-refractivity contribution in [2.75, 3.05) is 26.4 Å². The molecule has 0 saturated carbocycles. The number of rotatable bonds is 58. The number of allylic oxidation sites excluding steroid dienone is 10. The molecule has 3 unspecified atom stereocenters. The van der Waals surface area contributed by atoms with Gasteiger partial charge in [0.05, 0.1) is 19.8 Å². The van der Waals surface area contributed by atoms with Crippen molar-refractivity contribution >= 4 is 25.7 Å². The fourth-order valence-electron chi connectivity index (χ4n) is 8.66. The standard InChI is InChI=1S/C64H115O11P/c1-4-7-10-13-16-19-22-25-28-29-30-31-34-37-40-43-46-49-52-55-64(68)75-61(57-71-62(66)53-50-47-44-41-38-35-32-26-23-20-17-14-11-8-5-2)59-73-76(69,70)72-58-60(56-65)74-63(67)54-51-48-45-42-39-36-33-27-24-21-18-15-12-9-6-3/h9,12,18,21,25-28,32-33,60-61,65H,4-8,10-11,13-17,19-20,22-24,29-31,34-59H2,1-3H3,(H,69,70)/b12-9-,21-18-,28-25-,32-26-,33-27-. The predicted octanol–water partition coefficient (Wildman–Crippen LogP) is 18.7. The van der Waals surface area contributed by atoms with Crippen molar-refractivity contribution in [2.24, 2.45) is 0 Å². The highest BCUT2D eigenvalue weighted by Crippen LogP contribution is 2.43. The van der Waals surface area contributed by atoms with E-state index in [-0.39, 0.29) is 25.9 Å². The molecule has 12 heteroatoms. The molecule has 0 aromatic rings. The summed E-state index contributed by atoms with van der Waals surface area (Å²) in [4.78, 5) is 48.7. The normalized spacial score (nSPS) is 13.7. The summed E-state index contributed by atoms with van der Waals surface area (Å²) in [5.74, 6) is -1.48. The number of phosphoric acid groups is 1. The van der Waals surface area contributed by atoms with Gasteiger partial charge in [-0.1, -0.05) is 229 Å². The minimum absolute atomic E-state index is 0.157. The molecule has 0 aliphatic rings. The molecule has 0 aromatic heterocycles. The van der Waals surface area contributed by atoms with Gasteiger partial charge in [0.1, 0.15) is 12.7 Å². The van der Waals surface area contributed by atoms with Gasteiger partial charge in [0.15, 0.2) is 6.10 Å². The number of carbonyl (C=O) groups excluding carboxylic acids is 3. The van der Waals surface area contributed by atoms with Crippen LogP contribution in [0, 0.1) is 0 Å². The van der Waals surface area contributed by atoms with Crippen molar-refractivity contribution in [2.45, 2.75) is 303 Å². The summed E-state index contributed by atoms with van der Waals surface area (Å²) >= 11 is 0. The van der Waals surface area contributed by atoms with Crippen LogP contribution in [-0.4, -0.2) is 66.5 Å². The van der Waals surface area contributed by atoms with E-state index in [0.29, 0.717) is 19.3 Å². The first-order valence-corrected chi connectivity index (χ1v) is 32.7. The molecule has 0 aliphatic heterocycles. The Balaban J connectivity index is 4.71. The van der Waals surface area contributed by atoms with Crippen LogP contribution in [0.2, 0.25) is 0 Å². The Morgan fingerprint density at radius 3 is 1.07 bits per heavy atom. The Kier molecular flexibility index (Phi) is 56.2. The molecule has 0 aromatic carbocycles. The van der Waals surface area contributed by atoms with E-state index in [4.69, 9.17) is 23.3 Å². The summed E-state index contributed by atoms with van der Waals surface area (Å²) in [6.07, 6.45) is 64.6. The molecule has 0 spiro atoms. The van der Waals surface area contributed by atoms with Crippen LogP contribution in [0.25, 0.3) is 0 Å². The maximum absolute atomic E-state index is 12.9. The quantitative estimate of drug-likeness (QED) is 0.0197. The third kappa shape index (κ3) is 55.9. The third-order valence-electron chi connectivity index (χ3n) is 13.4. The SMILES string of the molecule is CC/C=C\C/C=C\C/C=C\CCCCCCCC(=O)OC(CO)COP(=O)(O)OCC(COC(=O)CCCCCCC/C=C\CCCCCCCC)OC(=O)CCCCCCCCCCC/C=C\CCCCCCCC. The van der Waals surface area contributed by atoms with Crippen molar-refractivity contribution in [3.05, 3.63) is 60.8 Å². The van der Waals surface area contributed by atoms with Crippen LogP contribution < -0.4 is 0 Å². The second-order valence-corrected chi connectivity index (χ2v) is 22.3. The summed E-state index contributed by atoms with van der Waals surface area (Å²) in [6.45, 7) is 4.53. The fourth-order valence-corrected chi connectivity index (χ4v) is 9.44. The summed E-state index contributed by atoms with van der Waals surface area (Å²) in [6, 6.07) is 0. The molecule has 0 rings (SSSR count). The van der Waals surface area contributed by atoms with E-state index in [1.165, 1.54) is 122 Å². The van der Waals surface area contributed by atoms with E-state index in [0.717, 1.165) is 109 Å². The summed E-state index contributed by atoms with van der Waals surface area (Å²) in [5.41, 5.74) is 0. The van der Waals surface area contributed by atoms with Crippen LogP contribution in [0.4, 0.5) is 0 Å². The van der Waals surface area contributed by atoms with Crippen LogP contribution in [0.5, 0.6) is 0 Å². The number of hydrogen-bond donors (Lipinski definition) is 2. The first-order chi connectivity index (χ1) is 37.2. The van der Waals surface area contributed by atoms with E-state index in [1.54, 1.807) is 0 Å². The lowest BCUT2D eigenvalue weighted by molar-refractivity contribution is -0.161. The van der Waals surface area contributed by atoms with E-state index in [9.17, 15) is 28.9 Å². The van der Waals surface area contributed by atoms with Gasteiger partial charge in [-0.2, -0.15) is 0 Å². The molecule has 3 atom stereocenters. The van der Waals surface area contributed by atoms with E-state index in [2.05, 4.69) is 81.5 Å². The molecule has 442 valence electrons. The number of unbranched alkanes of at least 4 members (excludes halogenated alkanes) is 31. The maximum Gasteiger partial charge on any atom is 0.472 e. The fraction of sp³-hybridized carbons (Fsp3) is 0.797. The largest absolute Gasteiger partial charge is 0.472 e. The first-order valence-electron chi connectivity index (χ1n) is 31.2. The highest BCUT2D eigenvalue weighted by Gasteiger charge is 2.28. The zero-order chi connectivity index (χ0) is 55.5. The molecule has 0 heterocycles. The van der Waals surface area contributed by atoms with Crippen LogP contribution >= 0.6 is 7.82 Å². The van der Waals surface area contributed by atoms with Crippen molar-refractivity contribution in [3.8, 4) is 0 Å². The highest BCUT2D eigenvalue weighted by atomic mass is 31.2. The lowest BCUT2D eigenvalue weighted by Crippen LogP contribution is -2.30. The van der Waals surface area contributed by atoms with Crippen molar-refractivity contribution in [1.29, 1.82) is 0 Å². The Bertz CT molecular complexity index is 1510. The van der Waals surface area contributed by atoms with Gasteiger partial charge >= 0.3 is 25.7 Å². The number of ether oxygens (including phenoxy) is 3. The Morgan fingerprint density at radius 2 is 0.684 bits per heavy atom.